The van der Waals surface area contributed by atoms with Crippen LogP contribution in [0.4, 0.5) is 0 Å². The van der Waals surface area contributed by atoms with E-state index in [-0.39, 0.29) is 18.7 Å². The minimum absolute atomic E-state index is 0.0804. The Morgan fingerprint density at radius 1 is 1.04 bits per heavy atom. The number of aromatic nitrogens is 1. The number of piperidine rings is 1. The average molecular weight is 622 g/mol. The molecule has 1 saturated heterocycles. The minimum Gasteiger partial charge on any atom is -0.459 e. The van der Waals surface area contributed by atoms with Crippen molar-refractivity contribution in [3.63, 3.8) is 0 Å². The van der Waals surface area contributed by atoms with Crippen LogP contribution in [-0.2, 0) is 20.8 Å². The Bertz CT molecular complexity index is 1770. The van der Waals surface area contributed by atoms with Gasteiger partial charge >= 0.3 is 0 Å². The van der Waals surface area contributed by atoms with Gasteiger partial charge in [-0.15, -0.1) is 0 Å². The number of aryl methyl sites for hydroxylation is 1. The van der Waals surface area contributed by atoms with Gasteiger partial charge in [0, 0.05) is 36.2 Å². The van der Waals surface area contributed by atoms with Crippen molar-refractivity contribution in [3.05, 3.63) is 101 Å². The molecule has 11 nitrogen and oxygen atoms in total. The molecule has 2 aliphatic rings. The minimum atomic E-state index is -0.986. The molecule has 2 aromatic carbocycles. The Kier molecular flexibility index (Phi) is 9.02. The summed E-state index contributed by atoms with van der Waals surface area (Å²) in [6.07, 6.45) is 5.90. The SMILES string of the molecule is CN(CCCC(=O)NC(c1cccnc1)c1cc2ccccc2o1)CCCc1cccc2c1C(=O)N(C1CCC(=O)NC1=O)C2=O. The number of hydrogen-bond donors (Lipinski definition) is 2. The summed E-state index contributed by atoms with van der Waals surface area (Å²) in [4.78, 5) is 70.8. The normalized spacial score (nSPS) is 17.0. The number of imide groups is 2. The molecule has 2 N–H and O–H groups in total. The lowest BCUT2D eigenvalue weighted by Crippen LogP contribution is -2.54. The number of furan rings is 1. The monoisotopic (exact) mass is 621 g/mol. The highest BCUT2D eigenvalue weighted by molar-refractivity contribution is 6.24. The maximum absolute atomic E-state index is 13.3. The van der Waals surface area contributed by atoms with Crippen molar-refractivity contribution in [3.8, 4) is 0 Å². The third-order valence-electron chi connectivity index (χ3n) is 8.54. The van der Waals surface area contributed by atoms with Crippen LogP contribution in [0.5, 0.6) is 0 Å². The molecule has 2 aromatic heterocycles. The first-order valence-electron chi connectivity index (χ1n) is 15.5. The molecule has 46 heavy (non-hydrogen) atoms. The summed E-state index contributed by atoms with van der Waals surface area (Å²) in [6, 6.07) is 17.2. The number of hydrogen-bond acceptors (Lipinski definition) is 8. The van der Waals surface area contributed by atoms with Crippen LogP contribution in [0.2, 0.25) is 0 Å². The number of pyridine rings is 1. The number of nitrogens with one attached hydrogen (secondary N) is 2. The summed E-state index contributed by atoms with van der Waals surface area (Å²) in [6.45, 7) is 1.42. The first-order chi connectivity index (χ1) is 22.3. The van der Waals surface area contributed by atoms with Crippen molar-refractivity contribution < 1.29 is 28.4 Å². The Balaban J connectivity index is 1.00. The molecule has 236 valence electrons. The van der Waals surface area contributed by atoms with Gasteiger partial charge in [-0.3, -0.25) is 39.2 Å². The van der Waals surface area contributed by atoms with E-state index >= 15 is 0 Å². The zero-order chi connectivity index (χ0) is 32.2. The van der Waals surface area contributed by atoms with Gasteiger partial charge in [0.15, 0.2) is 0 Å². The van der Waals surface area contributed by atoms with Gasteiger partial charge in [0.2, 0.25) is 17.7 Å². The van der Waals surface area contributed by atoms with E-state index in [4.69, 9.17) is 4.42 Å². The van der Waals surface area contributed by atoms with Crippen LogP contribution in [0, 0.1) is 0 Å². The quantitative estimate of drug-likeness (QED) is 0.228. The van der Waals surface area contributed by atoms with Gasteiger partial charge in [0.1, 0.15) is 23.4 Å². The number of benzene rings is 2. The molecule has 2 unspecified atom stereocenters. The molecule has 2 atom stereocenters. The smallest absolute Gasteiger partial charge is 0.262 e. The third kappa shape index (κ3) is 6.45. The first-order valence-corrected chi connectivity index (χ1v) is 15.5. The molecule has 5 amide bonds. The first kappa shape index (κ1) is 30.8. The Hall–Kier alpha value is -5.16. The van der Waals surface area contributed by atoms with E-state index in [0.717, 1.165) is 40.0 Å². The van der Waals surface area contributed by atoms with Crippen LogP contribution in [0.25, 0.3) is 11.0 Å². The van der Waals surface area contributed by atoms with Crippen molar-refractivity contribution in [2.75, 3.05) is 20.1 Å². The van der Waals surface area contributed by atoms with Crippen molar-refractivity contribution in [1.29, 1.82) is 0 Å². The van der Waals surface area contributed by atoms with Crippen LogP contribution in [0.3, 0.4) is 0 Å². The van der Waals surface area contributed by atoms with Gasteiger partial charge in [-0.05, 0) is 75.6 Å². The van der Waals surface area contributed by atoms with E-state index < -0.39 is 35.7 Å². The maximum atomic E-state index is 13.3. The Labute approximate surface area is 265 Å². The van der Waals surface area contributed by atoms with Gasteiger partial charge in [-0.1, -0.05) is 36.4 Å². The van der Waals surface area contributed by atoms with E-state index in [2.05, 4.69) is 20.5 Å². The van der Waals surface area contributed by atoms with Crippen LogP contribution in [0.1, 0.15) is 75.7 Å². The summed E-state index contributed by atoms with van der Waals surface area (Å²) in [7, 11) is 1.99. The molecular formula is C35H35N5O6. The number of fused-ring (bicyclic) bond motifs is 2. The van der Waals surface area contributed by atoms with Crippen molar-refractivity contribution >= 4 is 40.5 Å². The zero-order valence-electron chi connectivity index (χ0n) is 25.5. The predicted octanol–water partition coefficient (Wildman–Crippen LogP) is 3.78. The van der Waals surface area contributed by atoms with Crippen molar-refractivity contribution in [2.45, 2.75) is 50.6 Å². The van der Waals surface area contributed by atoms with Crippen molar-refractivity contribution in [1.82, 2.24) is 25.4 Å². The number of para-hydroxylation sites is 1. The highest BCUT2D eigenvalue weighted by Crippen LogP contribution is 2.31. The van der Waals surface area contributed by atoms with Crippen LogP contribution >= 0.6 is 0 Å². The second kappa shape index (κ2) is 13.5. The molecule has 4 heterocycles. The van der Waals surface area contributed by atoms with Gasteiger partial charge in [0.05, 0.1) is 11.1 Å². The van der Waals surface area contributed by atoms with Crippen LogP contribution in [0.15, 0.2) is 77.5 Å². The molecule has 2 aliphatic heterocycles. The van der Waals surface area contributed by atoms with Crippen LogP contribution in [-0.4, -0.2) is 70.5 Å². The van der Waals surface area contributed by atoms with E-state index in [1.54, 1.807) is 24.5 Å². The van der Waals surface area contributed by atoms with Crippen LogP contribution < -0.4 is 10.6 Å². The summed E-state index contributed by atoms with van der Waals surface area (Å²) >= 11 is 0. The lowest BCUT2D eigenvalue weighted by molar-refractivity contribution is -0.136. The zero-order valence-corrected chi connectivity index (χ0v) is 25.5. The van der Waals surface area contributed by atoms with Gasteiger partial charge < -0.3 is 14.6 Å². The van der Waals surface area contributed by atoms with Gasteiger partial charge in [0.25, 0.3) is 11.8 Å². The number of amides is 5. The lowest BCUT2D eigenvalue weighted by Gasteiger charge is -2.27. The highest BCUT2D eigenvalue weighted by atomic mass is 16.3. The number of nitrogens with zero attached hydrogens (tertiary/aromatic N) is 3. The van der Waals surface area contributed by atoms with E-state index in [1.165, 1.54) is 0 Å². The molecular weight excluding hydrogens is 586 g/mol. The van der Waals surface area contributed by atoms with E-state index in [1.807, 2.05) is 55.6 Å². The summed E-state index contributed by atoms with van der Waals surface area (Å²) < 4.78 is 6.07. The number of rotatable bonds is 12. The molecule has 4 aromatic rings. The molecule has 0 aliphatic carbocycles. The van der Waals surface area contributed by atoms with Gasteiger partial charge in [-0.2, -0.15) is 0 Å². The Morgan fingerprint density at radius 2 is 1.87 bits per heavy atom. The molecule has 11 heteroatoms. The maximum Gasteiger partial charge on any atom is 0.262 e. The summed E-state index contributed by atoms with van der Waals surface area (Å²) in [5.41, 5.74) is 2.97. The fourth-order valence-electron chi connectivity index (χ4n) is 6.20. The molecule has 6 rings (SSSR count). The summed E-state index contributed by atoms with van der Waals surface area (Å²) in [5.74, 6) is -1.46. The molecule has 0 radical (unpaired) electrons. The van der Waals surface area contributed by atoms with E-state index in [0.29, 0.717) is 42.7 Å². The molecule has 0 bridgehead atoms. The number of carbonyl (C=O) groups is 5. The van der Waals surface area contributed by atoms with Crippen molar-refractivity contribution in [2.24, 2.45) is 0 Å². The average Bonchev–Trinajstić information content (AvgIpc) is 3.59. The molecule has 1 fully saturated rings. The Morgan fingerprint density at radius 3 is 2.65 bits per heavy atom. The largest absolute Gasteiger partial charge is 0.459 e. The third-order valence-corrected chi connectivity index (χ3v) is 8.54. The summed E-state index contributed by atoms with van der Waals surface area (Å²) in [5, 5.41) is 6.31. The molecule has 0 spiro atoms. The van der Waals surface area contributed by atoms with Gasteiger partial charge in [-0.25, -0.2) is 0 Å². The number of carbonyl (C=O) groups excluding carboxylic acids is 5. The standard InChI is InChI=1S/C35H35N5O6/c1-39(18-6-11-22-9-4-12-25-31(22)35(45)40(34(25)44)26-15-16-30(42)38-33(26)43)19-7-14-29(41)37-32(24-10-5-17-36-21-24)28-20-23-8-2-3-13-27(23)46-28/h2-5,8-10,12-13,17,20-21,26,32H,6-7,11,14-16,18-19H2,1H3,(H,37,41)(H,38,42,43). The predicted molar refractivity (Wildman–Crippen MR) is 169 cm³/mol. The fourth-order valence-corrected chi connectivity index (χ4v) is 6.20. The van der Waals surface area contributed by atoms with E-state index in [9.17, 15) is 24.0 Å². The molecule has 0 saturated carbocycles. The fraction of sp³-hybridized carbons (Fsp3) is 0.314. The lowest BCUT2D eigenvalue weighted by atomic mass is 9.99. The highest BCUT2D eigenvalue weighted by Gasteiger charge is 2.45. The second-order valence-corrected chi connectivity index (χ2v) is 11.8. The second-order valence-electron chi connectivity index (χ2n) is 11.8. The topological polar surface area (TPSA) is 142 Å².